The highest BCUT2D eigenvalue weighted by Gasteiger charge is 2.06. The molecule has 128 valence electrons. The Morgan fingerprint density at radius 1 is 1.32 bits per heavy atom. The zero-order valence-corrected chi connectivity index (χ0v) is 15.2. The number of halogens is 1. The van der Waals surface area contributed by atoms with Crippen LogP contribution in [0, 0.1) is 0 Å². The summed E-state index contributed by atoms with van der Waals surface area (Å²) in [7, 11) is 1.62. The van der Waals surface area contributed by atoms with Gasteiger partial charge in [0.15, 0.2) is 0 Å². The molecule has 3 aromatic rings. The van der Waals surface area contributed by atoms with Gasteiger partial charge in [0, 0.05) is 18.8 Å². The van der Waals surface area contributed by atoms with Crippen LogP contribution in [0.1, 0.15) is 12.0 Å². The Hall–Kier alpha value is -2.67. The highest BCUT2D eigenvalue weighted by molar-refractivity contribution is 9.10. The van der Waals surface area contributed by atoms with Crippen LogP contribution in [0.5, 0.6) is 5.75 Å². The Labute approximate surface area is 154 Å². The molecule has 0 aliphatic heterocycles. The van der Waals surface area contributed by atoms with Gasteiger partial charge in [-0.3, -0.25) is 9.36 Å². The molecule has 3 rings (SSSR count). The summed E-state index contributed by atoms with van der Waals surface area (Å²) >= 11 is 3.45. The molecular formula is C18H17BrN4O2. The molecule has 0 aliphatic rings. The average Bonchev–Trinajstić information content (AvgIpc) is 3.15. The van der Waals surface area contributed by atoms with Gasteiger partial charge in [-0.25, -0.2) is 9.97 Å². The molecule has 2 aromatic heterocycles. The number of aryl methyl sites for hydroxylation is 1. The molecule has 0 unspecified atom stereocenters. The first-order valence-electron chi connectivity index (χ1n) is 7.72. The Kier molecular flexibility index (Phi) is 5.45. The van der Waals surface area contributed by atoms with E-state index in [-0.39, 0.29) is 5.91 Å². The van der Waals surface area contributed by atoms with Crippen molar-refractivity contribution in [3.63, 3.8) is 0 Å². The van der Waals surface area contributed by atoms with Gasteiger partial charge in [0.05, 0.1) is 23.5 Å². The third-order valence-electron chi connectivity index (χ3n) is 3.66. The van der Waals surface area contributed by atoms with Gasteiger partial charge in [0.25, 0.3) is 0 Å². The fourth-order valence-electron chi connectivity index (χ4n) is 2.35. The molecule has 1 N–H and O–H groups in total. The summed E-state index contributed by atoms with van der Waals surface area (Å²) in [6.07, 6.45) is 7.85. The van der Waals surface area contributed by atoms with Gasteiger partial charge in [0.2, 0.25) is 5.91 Å². The number of hydrogen-bond acceptors (Lipinski definition) is 4. The number of aromatic nitrogens is 3. The quantitative estimate of drug-likeness (QED) is 0.685. The maximum atomic E-state index is 12.1. The number of ether oxygens (including phenoxy) is 1. The van der Waals surface area contributed by atoms with Crippen LogP contribution in [0.3, 0.4) is 0 Å². The zero-order chi connectivity index (χ0) is 17.6. The number of imidazole rings is 1. The lowest BCUT2D eigenvalue weighted by molar-refractivity contribution is -0.116. The first-order chi connectivity index (χ1) is 12.2. The Morgan fingerprint density at radius 2 is 2.20 bits per heavy atom. The third kappa shape index (κ3) is 4.45. The molecule has 0 aliphatic carbocycles. The predicted octanol–water partition coefficient (Wildman–Crippen LogP) is 3.61. The zero-order valence-electron chi connectivity index (χ0n) is 13.6. The fourth-order valence-corrected chi connectivity index (χ4v) is 2.94. The topological polar surface area (TPSA) is 69.0 Å². The van der Waals surface area contributed by atoms with Crippen molar-refractivity contribution in [2.24, 2.45) is 0 Å². The van der Waals surface area contributed by atoms with Gasteiger partial charge in [0.1, 0.15) is 17.9 Å². The Bertz CT molecular complexity index is 848. The Morgan fingerprint density at radius 3 is 2.84 bits per heavy atom. The second-order valence-electron chi connectivity index (χ2n) is 5.39. The predicted molar refractivity (Wildman–Crippen MR) is 99.0 cm³/mol. The van der Waals surface area contributed by atoms with Gasteiger partial charge in [-0.05, 0) is 52.2 Å². The van der Waals surface area contributed by atoms with Crippen LogP contribution in [0.4, 0.5) is 5.69 Å². The number of methoxy groups -OCH3 is 1. The first kappa shape index (κ1) is 17.2. The Balaban J connectivity index is 1.55. The number of carbonyl (C=O) groups excluding carboxylic acids is 1. The molecule has 0 saturated heterocycles. The van der Waals surface area contributed by atoms with E-state index in [1.807, 2.05) is 36.5 Å². The van der Waals surface area contributed by atoms with Crippen LogP contribution in [0.25, 0.3) is 5.82 Å². The molecule has 2 heterocycles. The van der Waals surface area contributed by atoms with Crippen molar-refractivity contribution >= 4 is 27.5 Å². The minimum Gasteiger partial charge on any atom is -0.496 e. The number of nitrogens with one attached hydrogen (secondary N) is 1. The third-order valence-corrected chi connectivity index (χ3v) is 4.28. The van der Waals surface area contributed by atoms with Crippen LogP contribution in [-0.2, 0) is 11.2 Å². The van der Waals surface area contributed by atoms with Crippen molar-refractivity contribution in [1.82, 2.24) is 14.5 Å². The number of rotatable bonds is 6. The van der Waals surface area contributed by atoms with Crippen LogP contribution in [-0.4, -0.2) is 27.6 Å². The van der Waals surface area contributed by atoms with E-state index in [0.29, 0.717) is 18.5 Å². The molecule has 0 fully saturated rings. The van der Waals surface area contributed by atoms with E-state index in [0.717, 1.165) is 21.6 Å². The summed E-state index contributed by atoms with van der Waals surface area (Å²) in [6, 6.07) is 9.46. The number of pyridine rings is 1. The number of anilines is 1. The number of benzene rings is 1. The maximum absolute atomic E-state index is 12.1. The van der Waals surface area contributed by atoms with Crippen LogP contribution in [0.2, 0.25) is 0 Å². The number of amides is 1. The van der Waals surface area contributed by atoms with E-state index in [1.54, 1.807) is 30.4 Å². The molecule has 1 amide bonds. The lowest BCUT2D eigenvalue weighted by Crippen LogP contribution is -2.12. The van der Waals surface area contributed by atoms with Crippen LogP contribution < -0.4 is 10.1 Å². The molecular weight excluding hydrogens is 384 g/mol. The maximum Gasteiger partial charge on any atom is 0.224 e. The molecule has 0 bridgehead atoms. The average molecular weight is 401 g/mol. The largest absolute Gasteiger partial charge is 0.496 e. The summed E-state index contributed by atoms with van der Waals surface area (Å²) in [5, 5.41) is 2.86. The van der Waals surface area contributed by atoms with E-state index in [1.165, 1.54) is 0 Å². The molecule has 6 nitrogen and oxygen atoms in total. The summed E-state index contributed by atoms with van der Waals surface area (Å²) < 4.78 is 7.88. The second kappa shape index (κ2) is 7.94. The van der Waals surface area contributed by atoms with E-state index >= 15 is 0 Å². The van der Waals surface area contributed by atoms with Crippen molar-refractivity contribution in [3.8, 4) is 11.6 Å². The minimum absolute atomic E-state index is 0.0517. The SMILES string of the molecule is COc1ccc(CCC(=O)Nc2ccc(-n3ccnc3)nc2)cc1Br. The molecule has 1 aromatic carbocycles. The summed E-state index contributed by atoms with van der Waals surface area (Å²) in [6.45, 7) is 0. The van der Waals surface area contributed by atoms with Crippen molar-refractivity contribution in [2.75, 3.05) is 12.4 Å². The summed E-state index contributed by atoms with van der Waals surface area (Å²) in [4.78, 5) is 20.4. The van der Waals surface area contributed by atoms with Crippen molar-refractivity contribution < 1.29 is 9.53 Å². The van der Waals surface area contributed by atoms with Gasteiger partial charge < -0.3 is 10.1 Å². The normalized spacial score (nSPS) is 10.5. The number of carbonyl (C=O) groups is 1. The van der Waals surface area contributed by atoms with Crippen molar-refractivity contribution in [2.45, 2.75) is 12.8 Å². The van der Waals surface area contributed by atoms with Crippen molar-refractivity contribution in [1.29, 1.82) is 0 Å². The van der Waals surface area contributed by atoms with Crippen LogP contribution in [0.15, 0.2) is 59.7 Å². The molecule has 0 spiro atoms. The van der Waals surface area contributed by atoms with Gasteiger partial charge >= 0.3 is 0 Å². The van der Waals surface area contributed by atoms with E-state index < -0.39 is 0 Å². The number of hydrogen-bond donors (Lipinski definition) is 1. The second-order valence-corrected chi connectivity index (χ2v) is 6.25. The van der Waals surface area contributed by atoms with E-state index in [4.69, 9.17) is 4.74 Å². The molecule has 0 radical (unpaired) electrons. The van der Waals surface area contributed by atoms with Gasteiger partial charge in [-0.1, -0.05) is 6.07 Å². The number of nitrogens with zero attached hydrogens (tertiary/aromatic N) is 3. The van der Waals surface area contributed by atoms with E-state index in [2.05, 4.69) is 31.2 Å². The molecule has 7 heteroatoms. The molecule has 0 saturated carbocycles. The molecule has 0 atom stereocenters. The lowest BCUT2D eigenvalue weighted by atomic mass is 10.1. The first-order valence-corrected chi connectivity index (χ1v) is 8.51. The standard InChI is InChI=1S/C18H17BrN4O2/c1-25-16-5-2-13(10-15(16)19)3-7-18(24)22-14-4-6-17(21-11-14)23-9-8-20-12-23/h2,4-6,8-12H,3,7H2,1H3,(H,22,24). The van der Waals surface area contributed by atoms with Crippen LogP contribution >= 0.6 is 15.9 Å². The highest BCUT2D eigenvalue weighted by atomic mass is 79.9. The summed E-state index contributed by atoms with van der Waals surface area (Å²) in [5.74, 6) is 1.47. The lowest BCUT2D eigenvalue weighted by Gasteiger charge is -2.08. The molecule has 25 heavy (non-hydrogen) atoms. The monoisotopic (exact) mass is 400 g/mol. The fraction of sp³-hybridized carbons (Fsp3) is 0.167. The highest BCUT2D eigenvalue weighted by Crippen LogP contribution is 2.26. The smallest absolute Gasteiger partial charge is 0.224 e. The van der Waals surface area contributed by atoms with Crippen molar-refractivity contribution in [3.05, 3.63) is 65.3 Å². The van der Waals surface area contributed by atoms with E-state index in [9.17, 15) is 4.79 Å². The van der Waals surface area contributed by atoms with Gasteiger partial charge in [-0.2, -0.15) is 0 Å². The minimum atomic E-state index is -0.0517. The van der Waals surface area contributed by atoms with Gasteiger partial charge in [-0.15, -0.1) is 0 Å². The summed E-state index contributed by atoms with van der Waals surface area (Å²) in [5.41, 5.74) is 1.74.